The zero-order chi connectivity index (χ0) is 9.68. The van der Waals surface area contributed by atoms with Crippen LogP contribution in [0.25, 0.3) is 0 Å². The Morgan fingerprint density at radius 1 is 1.62 bits per heavy atom. The summed E-state index contributed by atoms with van der Waals surface area (Å²) < 4.78 is 5.22. The topological polar surface area (TPSA) is 58.6 Å². The maximum absolute atomic E-state index is 10.5. The molecule has 1 saturated heterocycles. The Kier molecular flexibility index (Phi) is 4.18. The lowest BCUT2D eigenvalue weighted by Gasteiger charge is -2.28. The van der Waals surface area contributed by atoms with Gasteiger partial charge in [0.05, 0.1) is 6.42 Å². The standard InChI is InChI=1S/C9H17NO3/c1-10-8(6-9(11)12)7-2-4-13-5-3-7/h7-8,10H,2-6H2,1H3,(H,11,12). The van der Waals surface area contributed by atoms with Crippen molar-refractivity contribution in [2.45, 2.75) is 25.3 Å². The Morgan fingerprint density at radius 3 is 2.69 bits per heavy atom. The third-order valence-electron chi connectivity index (χ3n) is 2.60. The molecule has 76 valence electrons. The Labute approximate surface area is 78.3 Å². The first-order chi connectivity index (χ1) is 6.24. The average Bonchev–Trinajstić information content (AvgIpc) is 2.15. The van der Waals surface area contributed by atoms with Gasteiger partial charge in [0.2, 0.25) is 0 Å². The zero-order valence-electron chi connectivity index (χ0n) is 7.95. The van der Waals surface area contributed by atoms with Crippen molar-refractivity contribution in [3.8, 4) is 0 Å². The predicted octanol–water partition coefficient (Wildman–Crippen LogP) is 0.476. The number of hydrogen-bond donors (Lipinski definition) is 2. The van der Waals surface area contributed by atoms with E-state index in [4.69, 9.17) is 9.84 Å². The highest BCUT2D eigenvalue weighted by Crippen LogP contribution is 2.20. The second-order valence-electron chi connectivity index (χ2n) is 3.44. The molecule has 0 aliphatic carbocycles. The molecule has 0 saturated carbocycles. The van der Waals surface area contributed by atoms with Crippen molar-refractivity contribution in [3.63, 3.8) is 0 Å². The summed E-state index contributed by atoms with van der Waals surface area (Å²) in [5.74, 6) is -0.277. The molecule has 1 atom stereocenters. The van der Waals surface area contributed by atoms with Crippen LogP contribution in [0.15, 0.2) is 0 Å². The molecule has 0 bridgehead atoms. The summed E-state index contributed by atoms with van der Waals surface area (Å²) in [5.41, 5.74) is 0. The van der Waals surface area contributed by atoms with Gasteiger partial charge in [-0.3, -0.25) is 4.79 Å². The molecule has 0 spiro atoms. The molecule has 2 N–H and O–H groups in total. The quantitative estimate of drug-likeness (QED) is 0.672. The molecule has 0 aromatic carbocycles. The minimum Gasteiger partial charge on any atom is -0.481 e. The molecule has 0 aromatic heterocycles. The highest BCUT2D eigenvalue weighted by molar-refractivity contribution is 5.67. The summed E-state index contributed by atoms with van der Waals surface area (Å²) in [4.78, 5) is 10.5. The third-order valence-corrected chi connectivity index (χ3v) is 2.60. The van der Waals surface area contributed by atoms with Gasteiger partial charge >= 0.3 is 5.97 Å². The first-order valence-electron chi connectivity index (χ1n) is 4.71. The van der Waals surface area contributed by atoms with E-state index in [0.717, 1.165) is 26.1 Å². The van der Waals surface area contributed by atoms with Crippen molar-refractivity contribution in [1.82, 2.24) is 5.32 Å². The molecule has 1 rings (SSSR count). The van der Waals surface area contributed by atoms with Crippen LogP contribution in [0.2, 0.25) is 0 Å². The molecule has 4 nitrogen and oxygen atoms in total. The fraction of sp³-hybridized carbons (Fsp3) is 0.889. The van der Waals surface area contributed by atoms with Gasteiger partial charge in [0, 0.05) is 19.3 Å². The van der Waals surface area contributed by atoms with Crippen LogP contribution in [0.5, 0.6) is 0 Å². The predicted molar refractivity (Wildman–Crippen MR) is 48.6 cm³/mol. The van der Waals surface area contributed by atoms with Crippen molar-refractivity contribution in [1.29, 1.82) is 0 Å². The van der Waals surface area contributed by atoms with E-state index in [1.165, 1.54) is 0 Å². The normalized spacial score (nSPS) is 21.3. The fourth-order valence-corrected chi connectivity index (χ4v) is 1.81. The third kappa shape index (κ3) is 3.32. The molecule has 4 heteroatoms. The fourth-order valence-electron chi connectivity index (χ4n) is 1.81. The van der Waals surface area contributed by atoms with E-state index in [1.807, 2.05) is 7.05 Å². The Hall–Kier alpha value is -0.610. The molecule has 0 amide bonds. The van der Waals surface area contributed by atoms with Crippen LogP contribution in [-0.4, -0.2) is 37.4 Å². The van der Waals surface area contributed by atoms with E-state index in [0.29, 0.717) is 5.92 Å². The van der Waals surface area contributed by atoms with Gasteiger partial charge in [0.25, 0.3) is 0 Å². The molecule has 0 radical (unpaired) electrons. The smallest absolute Gasteiger partial charge is 0.304 e. The van der Waals surface area contributed by atoms with E-state index >= 15 is 0 Å². The van der Waals surface area contributed by atoms with Crippen molar-refractivity contribution in [2.24, 2.45) is 5.92 Å². The van der Waals surface area contributed by atoms with E-state index in [2.05, 4.69) is 5.32 Å². The molecule has 1 heterocycles. The maximum atomic E-state index is 10.5. The number of carboxylic acid groups (broad SMARTS) is 1. The lowest BCUT2D eigenvalue weighted by molar-refractivity contribution is -0.138. The van der Waals surface area contributed by atoms with Crippen molar-refractivity contribution < 1.29 is 14.6 Å². The van der Waals surface area contributed by atoms with Gasteiger partial charge in [-0.2, -0.15) is 0 Å². The van der Waals surface area contributed by atoms with E-state index in [9.17, 15) is 4.79 Å². The molecular weight excluding hydrogens is 170 g/mol. The van der Waals surface area contributed by atoms with Crippen LogP contribution in [-0.2, 0) is 9.53 Å². The molecule has 1 aliphatic rings. The van der Waals surface area contributed by atoms with Crippen LogP contribution in [0.1, 0.15) is 19.3 Å². The molecule has 1 unspecified atom stereocenters. The molecular formula is C9H17NO3. The number of hydrogen-bond acceptors (Lipinski definition) is 3. The van der Waals surface area contributed by atoms with Crippen LogP contribution in [0, 0.1) is 5.92 Å². The molecule has 1 aliphatic heterocycles. The number of aliphatic carboxylic acids is 1. The van der Waals surface area contributed by atoms with E-state index < -0.39 is 5.97 Å². The Balaban J connectivity index is 2.39. The van der Waals surface area contributed by atoms with Gasteiger partial charge in [-0.15, -0.1) is 0 Å². The summed E-state index contributed by atoms with van der Waals surface area (Å²) in [5, 5.41) is 11.7. The van der Waals surface area contributed by atoms with Crippen LogP contribution < -0.4 is 5.32 Å². The summed E-state index contributed by atoms with van der Waals surface area (Å²) in [7, 11) is 1.82. The van der Waals surface area contributed by atoms with Crippen LogP contribution >= 0.6 is 0 Å². The highest BCUT2D eigenvalue weighted by atomic mass is 16.5. The second kappa shape index (κ2) is 5.19. The summed E-state index contributed by atoms with van der Waals surface area (Å²) in [6, 6.07) is 0.0985. The molecule has 1 fully saturated rings. The summed E-state index contributed by atoms with van der Waals surface area (Å²) in [6.07, 6.45) is 2.15. The van der Waals surface area contributed by atoms with Gasteiger partial charge < -0.3 is 15.2 Å². The first-order valence-corrected chi connectivity index (χ1v) is 4.71. The van der Waals surface area contributed by atoms with Gasteiger partial charge in [0.15, 0.2) is 0 Å². The lowest BCUT2D eigenvalue weighted by Crippen LogP contribution is -2.38. The second-order valence-corrected chi connectivity index (χ2v) is 3.44. The summed E-state index contributed by atoms with van der Waals surface area (Å²) in [6.45, 7) is 1.53. The number of carboxylic acids is 1. The van der Waals surface area contributed by atoms with E-state index in [-0.39, 0.29) is 12.5 Å². The van der Waals surface area contributed by atoms with E-state index in [1.54, 1.807) is 0 Å². The van der Waals surface area contributed by atoms with Crippen LogP contribution in [0.3, 0.4) is 0 Å². The SMILES string of the molecule is CNC(CC(=O)O)C1CCOCC1. The van der Waals surface area contributed by atoms with Crippen molar-refractivity contribution >= 4 is 5.97 Å². The van der Waals surface area contributed by atoms with Crippen molar-refractivity contribution in [2.75, 3.05) is 20.3 Å². The Bertz CT molecular complexity index is 166. The van der Waals surface area contributed by atoms with Crippen LogP contribution in [0.4, 0.5) is 0 Å². The number of ether oxygens (including phenoxy) is 1. The Morgan fingerprint density at radius 2 is 2.23 bits per heavy atom. The lowest BCUT2D eigenvalue weighted by atomic mass is 9.90. The van der Waals surface area contributed by atoms with Crippen molar-refractivity contribution in [3.05, 3.63) is 0 Å². The molecule has 0 aromatic rings. The highest BCUT2D eigenvalue weighted by Gasteiger charge is 2.24. The van der Waals surface area contributed by atoms with Gasteiger partial charge in [-0.1, -0.05) is 0 Å². The largest absolute Gasteiger partial charge is 0.481 e. The number of rotatable bonds is 4. The van der Waals surface area contributed by atoms with Gasteiger partial charge in [-0.25, -0.2) is 0 Å². The average molecular weight is 187 g/mol. The molecule has 13 heavy (non-hydrogen) atoms. The minimum atomic E-state index is -0.731. The minimum absolute atomic E-state index is 0.0985. The summed E-state index contributed by atoms with van der Waals surface area (Å²) >= 11 is 0. The van der Waals surface area contributed by atoms with Gasteiger partial charge in [-0.05, 0) is 25.8 Å². The monoisotopic (exact) mass is 187 g/mol. The number of carbonyl (C=O) groups is 1. The first kappa shape index (κ1) is 10.5. The van der Waals surface area contributed by atoms with Gasteiger partial charge in [0.1, 0.15) is 0 Å². The number of nitrogens with one attached hydrogen (secondary N) is 1. The zero-order valence-corrected chi connectivity index (χ0v) is 7.95. The maximum Gasteiger partial charge on any atom is 0.304 e.